The lowest BCUT2D eigenvalue weighted by Gasteiger charge is -2.38. The van der Waals surface area contributed by atoms with Crippen LogP contribution >= 0.6 is 0 Å². The zero-order valence-electron chi connectivity index (χ0n) is 13.1. The van der Waals surface area contributed by atoms with E-state index in [-0.39, 0.29) is 11.2 Å². The first-order valence-electron chi connectivity index (χ1n) is 7.52. The molecule has 0 saturated carbocycles. The first kappa shape index (κ1) is 15.7. The maximum Gasteiger partial charge on any atom is 0.269 e. The molecule has 1 aromatic heterocycles. The Labute approximate surface area is 126 Å². The summed E-state index contributed by atoms with van der Waals surface area (Å²) in [5, 5.41) is 11.6. The van der Waals surface area contributed by atoms with Gasteiger partial charge in [0.2, 0.25) is 0 Å². The third-order valence-electron chi connectivity index (χ3n) is 3.69. The van der Waals surface area contributed by atoms with Crippen LogP contribution in [0.25, 0.3) is 0 Å². The number of primary amides is 1. The van der Waals surface area contributed by atoms with Crippen LogP contribution in [-0.2, 0) is 0 Å². The molecule has 6 heteroatoms. The lowest BCUT2D eigenvalue weighted by Crippen LogP contribution is -2.50. The number of hydrogen-bond acceptors (Lipinski definition) is 5. The van der Waals surface area contributed by atoms with Crippen LogP contribution < -0.4 is 16.0 Å². The van der Waals surface area contributed by atoms with Gasteiger partial charge >= 0.3 is 0 Å². The highest BCUT2D eigenvalue weighted by atomic mass is 16.1. The molecule has 2 heterocycles. The Hall–Kier alpha value is -1.69. The molecular formula is C15H25N5O. The molecule has 1 saturated heterocycles. The normalized spacial score (nSPS) is 19.6. The van der Waals surface area contributed by atoms with Gasteiger partial charge in [0.15, 0.2) is 11.5 Å². The molecule has 2 rings (SSSR count). The molecule has 0 aliphatic carbocycles. The minimum absolute atomic E-state index is 0.102. The summed E-state index contributed by atoms with van der Waals surface area (Å²) in [5.41, 5.74) is 5.51. The quantitative estimate of drug-likeness (QED) is 0.874. The third-order valence-corrected chi connectivity index (χ3v) is 3.69. The zero-order valence-corrected chi connectivity index (χ0v) is 13.1. The number of aromatic nitrogens is 2. The minimum atomic E-state index is -0.543. The summed E-state index contributed by atoms with van der Waals surface area (Å²) in [5.74, 6) is 0.277. The van der Waals surface area contributed by atoms with Crippen molar-refractivity contribution in [3.05, 3.63) is 17.8 Å². The number of nitrogens with zero attached hydrogens (tertiary/aromatic N) is 3. The predicted octanol–water partition coefficient (Wildman–Crippen LogP) is 1.32. The average molecular weight is 291 g/mol. The van der Waals surface area contributed by atoms with Crippen LogP contribution in [0, 0.1) is 0 Å². The van der Waals surface area contributed by atoms with Crippen molar-refractivity contribution in [1.29, 1.82) is 0 Å². The molecule has 0 spiro atoms. The number of anilines is 1. The smallest absolute Gasteiger partial charge is 0.269 e. The Morgan fingerprint density at radius 1 is 1.38 bits per heavy atom. The molecule has 1 aliphatic rings. The molecule has 1 amide bonds. The Bertz CT molecular complexity index is 480. The number of nitrogens with one attached hydrogen (secondary N) is 1. The fourth-order valence-electron chi connectivity index (χ4n) is 2.55. The van der Waals surface area contributed by atoms with Crippen molar-refractivity contribution in [1.82, 2.24) is 15.5 Å². The van der Waals surface area contributed by atoms with Crippen molar-refractivity contribution in [2.24, 2.45) is 5.73 Å². The van der Waals surface area contributed by atoms with Crippen LogP contribution in [0.2, 0.25) is 0 Å². The summed E-state index contributed by atoms with van der Waals surface area (Å²) in [4.78, 5) is 13.3. The van der Waals surface area contributed by atoms with Gasteiger partial charge < -0.3 is 16.0 Å². The second kappa shape index (κ2) is 6.39. The Morgan fingerprint density at radius 3 is 2.71 bits per heavy atom. The maximum absolute atomic E-state index is 11.1. The second-order valence-corrected chi connectivity index (χ2v) is 6.61. The van der Waals surface area contributed by atoms with E-state index < -0.39 is 5.91 Å². The molecule has 1 aromatic rings. The lowest BCUT2D eigenvalue weighted by atomic mass is 10.0. The van der Waals surface area contributed by atoms with E-state index in [1.807, 2.05) is 6.07 Å². The number of amides is 1. The van der Waals surface area contributed by atoms with Gasteiger partial charge in [0.1, 0.15) is 0 Å². The molecule has 0 bridgehead atoms. The van der Waals surface area contributed by atoms with E-state index in [0.29, 0.717) is 6.04 Å². The van der Waals surface area contributed by atoms with E-state index in [4.69, 9.17) is 5.73 Å². The molecule has 6 nitrogen and oxygen atoms in total. The molecule has 1 aliphatic heterocycles. The zero-order chi connectivity index (χ0) is 15.5. The highest BCUT2D eigenvalue weighted by Crippen LogP contribution is 2.22. The van der Waals surface area contributed by atoms with E-state index in [1.165, 1.54) is 6.42 Å². The predicted molar refractivity (Wildman–Crippen MR) is 83.3 cm³/mol. The van der Waals surface area contributed by atoms with Gasteiger partial charge in [-0.1, -0.05) is 0 Å². The molecular weight excluding hydrogens is 266 g/mol. The van der Waals surface area contributed by atoms with Gasteiger partial charge in [-0.05, 0) is 52.2 Å². The molecule has 21 heavy (non-hydrogen) atoms. The van der Waals surface area contributed by atoms with Gasteiger partial charge in [-0.3, -0.25) is 4.79 Å². The first-order valence-corrected chi connectivity index (χ1v) is 7.52. The summed E-state index contributed by atoms with van der Waals surface area (Å²) in [6.07, 6.45) is 3.54. The summed E-state index contributed by atoms with van der Waals surface area (Å²) in [6.45, 7) is 8.40. The van der Waals surface area contributed by atoms with Crippen LogP contribution in [0.4, 0.5) is 5.82 Å². The SMILES string of the molecule is CC(C)(C)NCC1CCCCN1c1ccc(C(N)=O)nn1. The van der Waals surface area contributed by atoms with E-state index in [0.717, 1.165) is 31.7 Å². The van der Waals surface area contributed by atoms with Crippen molar-refractivity contribution in [2.75, 3.05) is 18.0 Å². The maximum atomic E-state index is 11.1. The van der Waals surface area contributed by atoms with Gasteiger partial charge in [-0.15, -0.1) is 10.2 Å². The Balaban J connectivity index is 2.08. The van der Waals surface area contributed by atoms with Crippen LogP contribution in [0.3, 0.4) is 0 Å². The highest BCUT2D eigenvalue weighted by Gasteiger charge is 2.25. The van der Waals surface area contributed by atoms with E-state index >= 15 is 0 Å². The molecule has 0 radical (unpaired) electrons. The standard InChI is InChI=1S/C15H25N5O/c1-15(2,3)17-10-11-6-4-5-9-20(11)13-8-7-12(14(16)21)18-19-13/h7-8,11,17H,4-6,9-10H2,1-3H3,(H2,16,21). The molecule has 116 valence electrons. The topological polar surface area (TPSA) is 84.1 Å². The highest BCUT2D eigenvalue weighted by molar-refractivity contribution is 5.90. The van der Waals surface area contributed by atoms with Crippen molar-refractivity contribution in [3.8, 4) is 0 Å². The fourth-order valence-corrected chi connectivity index (χ4v) is 2.55. The van der Waals surface area contributed by atoms with Crippen molar-refractivity contribution < 1.29 is 4.79 Å². The number of hydrogen-bond donors (Lipinski definition) is 2. The number of nitrogens with two attached hydrogens (primary N) is 1. The van der Waals surface area contributed by atoms with Crippen LogP contribution in [0.5, 0.6) is 0 Å². The van der Waals surface area contributed by atoms with Gasteiger partial charge in [0.05, 0.1) is 0 Å². The first-order chi connectivity index (χ1) is 9.87. The molecule has 1 fully saturated rings. The summed E-state index contributed by atoms with van der Waals surface area (Å²) >= 11 is 0. The molecule has 3 N–H and O–H groups in total. The lowest BCUT2D eigenvalue weighted by molar-refractivity contribution is 0.0994. The van der Waals surface area contributed by atoms with E-state index in [2.05, 4.69) is 41.2 Å². The third kappa shape index (κ3) is 4.39. The number of rotatable bonds is 4. The number of carbonyl (C=O) groups excluding carboxylic acids is 1. The average Bonchev–Trinajstić information content (AvgIpc) is 2.45. The van der Waals surface area contributed by atoms with Gasteiger partial charge in [0.25, 0.3) is 5.91 Å². The second-order valence-electron chi connectivity index (χ2n) is 6.61. The van der Waals surface area contributed by atoms with Crippen LogP contribution in [0.1, 0.15) is 50.5 Å². The molecule has 1 unspecified atom stereocenters. The fraction of sp³-hybridized carbons (Fsp3) is 0.667. The van der Waals surface area contributed by atoms with Gasteiger partial charge in [-0.2, -0.15) is 0 Å². The van der Waals surface area contributed by atoms with Crippen LogP contribution in [0.15, 0.2) is 12.1 Å². The summed E-state index contributed by atoms with van der Waals surface area (Å²) < 4.78 is 0. The monoisotopic (exact) mass is 291 g/mol. The summed E-state index contributed by atoms with van der Waals surface area (Å²) in [6, 6.07) is 3.89. The van der Waals surface area contributed by atoms with Gasteiger partial charge in [0, 0.05) is 24.7 Å². The summed E-state index contributed by atoms with van der Waals surface area (Å²) in [7, 11) is 0. The Morgan fingerprint density at radius 2 is 2.14 bits per heavy atom. The van der Waals surface area contributed by atoms with Crippen molar-refractivity contribution in [3.63, 3.8) is 0 Å². The number of piperidine rings is 1. The number of carbonyl (C=O) groups is 1. The largest absolute Gasteiger partial charge is 0.364 e. The minimum Gasteiger partial charge on any atom is -0.364 e. The van der Waals surface area contributed by atoms with Crippen molar-refractivity contribution in [2.45, 2.75) is 51.6 Å². The van der Waals surface area contributed by atoms with E-state index in [1.54, 1.807) is 6.07 Å². The van der Waals surface area contributed by atoms with Crippen molar-refractivity contribution >= 4 is 11.7 Å². The van der Waals surface area contributed by atoms with Crippen LogP contribution in [-0.4, -0.2) is 40.8 Å². The van der Waals surface area contributed by atoms with E-state index in [9.17, 15) is 4.79 Å². The van der Waals surface area contributed by atoms with Gasteiger partial charge in [-0.25, -0.2) is 0 Å². The molecule has 1 atom stereocenters. The Kier molecular flexibility index (Phi) is 4.77. The molecule has 0 aromatic carbocycles.